The van der Waals surface area contributed by atoms with E-state index in [0.29, 0.717) is 23.1 Å². The van der Waals surface area contributed by atoms with E-state index in [4.69, 9.17) is 9.97 Å². The molecule has 1 unspecified atom stereocenters. The minimum Gasteiger partial charge on any atom is -0.353 e. The molecule has 3 amide bonds. The third-order valence-corrected chi connectivity index (χ3v) is 5.93. The first kappa shape index (κ1) is 21.6. The van der Waals surface area contributed by atoms with Crippen molar-refractivity contribution in [1.29, 1.82) is 0 Å². The number of amides is 3. The summed E-state index contributed by atoms with van der Waals surface area (Å²) in [6.45, 7) is 7.22. The lowest BCUT2D eigenvalue weighted by atomic mass is 10.2. The highest BCUT2D eigenvalue weighted by Crippen LogP contribution is 2.22. The molecule has 2 saturated heterocycles. The van der Waals surface area contributed by atoms with Gasteiger partial charge in [0, 0.05) is 44.0 Å². The zero-order chi connectivity index (χ0) is 23.7. The number of hydrogen-bond acceptors (Lipinski definition) is 9. The van der Waals surface area contributed by atoms with Crippen molar-refractivity contribution >= 4 is 41.4 Å². The van der Waals surface area contributed by atoms with E-state index in [0.717, 1.165) is 38.4 Å². The first-order chi connectivity index (χ1) is 16.5. The van der Waals surface area contributed by atoms with Crippen LogP contribution in [-0.2, 0) is 4.79 Å². The molecule has 12 nitrogen and oxygen atoms in total. The monoisotopic (exact) mass is 462 g/mol. The van der Waals surface area contributed by atoms with Crippen molar-refractivity contribution in [2.24, 2.45) is 0 Å². The number of nitrogens with zero attached hydrogens (tertiary/aromatic N) is 7. The van der Waals surface area contributed by atoms with E-state index in [1.54, 1.807) is 23.0 Å². The highest BCUT2D eigenvalue weighted by Gasteiger charge is 2.25. The zero-order valence-corrected chi connectivity index (χ0v) is 19.0. The summed E-state index contributed by atoms with van der Waals surface area (Å²) < 4.78 is 1.63. The van der Waals surface area contributed by atoms with E-state index in [2.05, 4.69) is 49.7 Å². The molecule has 1 atom stereocenters. The number of carbonyl (C=O) groups is 2. The van der Waals surface area contributed by atoms with Gasteiger partial charge in [0.25, 0.3) is 5.91 Å². The Labute approximate surface area is 196 Å². The number of hydrogen-bond donors (Lipinski definition) is 3. The van der Waals surface area contributed by atoms with Crippen LogP contribution >= 0.6 is 0 Å². The third kappa shape index (κ3) is 4.21. The van der Waals surface area contributed by atoms with Crippen LogP contribution in [0.15, 0.2) is 36.3 Å². The highest BCUT2D eigenvalue weighted by molar-refractivity contribution is 6.14. The molecule has 176 valence electrons. The topological polar surface area (TPSA) is 133 Å². The van der Waals surface area contributed by atoms with Gasteiger partial charge in [-0.25, -0.2) is 9.78 Å². The van der Waals surface area contributed by atoms with Crippen molar-refractivity contribution in [3.63, 3.8) is 0 Å². The van der Waals surface area contributed by atoms with Gasteiger partial charge >= 0.3 is 6.03 Å². The van der Waals surface area contributed by atoms with Gasteiger partial charge in [0.15, 0.2) is 5.65 Å². The van der Waals surface area contributed by atoms with Gasteiger partial charge in [0.2, 0.25) is 11.9 Å². The minimum atomic E-state index is -0.548. The highest BCUT2D eigenvalue weighted by atomic mass is 16.2. The molecule has 0 saturated carbocycles. The SMILES string of the molecule is CCC(C)Nc1nc(N2CCN(c3ccccn3)CC2)nc2c(/C=C3\NC(=O)NC3=O)cnn12. The molecule has 0 aromatic carbocycles. The molecule has 5 rings (SSSR count). The Hall–Kier alpha value is -4.22. The molecule has 0 radical (unpaired) electrons. The lowest BCUT2D eigenvalue weighted by molar-refractivity contribution is -0.115. The predicted octanol–water partition coefficient (Wildman–Crippen LogP) is 1.24. The first-order valence-electron chi connectivity index (χ1n) is 11.3. The Morgan fingerprint density at radius 3 is 2.59 bits per heavy atom. The lowest BCUT2D eigenvalue weighted by Gasteiger charge is -2.35. The van der Waals surface area contributed by atoms with Crippen molar-refractivity contribution in [1.82, 2.24) is 35.2 Å². The van der Waals surface area contributed by atoms with Crippen molar-refractivity contribution < 1.29 is 9.59 Å². The van der Waals surface area contributed by atoms with Crippen LogP contribution in [0.25, 0.3) is 11.7 Å². The van der Waals surface area contributed by atoms with Gasteiger partial charge in [-0.1, -0.05) is 13.0 Å². The Morgan fingerprint density at radius 2 is 1.91 bits per heavy atom. The molecule has 3 aromatic rings. The van der Waals surface area contributed by atoms with Crippen LogP contribution in [0.3, 0.4) is 0 Å². The van der Waals surface area contributed by atoms with E-state index in [1.807, 2.05) is 18.2 Å². The Balaban J connectivity index is 1.47. The zero-order valence-electron chi connectivity index (χ0n) is 19.0. The van der Waals surface area contributed by atoms with Crippen LogP contribution in [0.1, 0.15) is 25.8 Å². The van der Waals surface area contributed by atoms with Gasteiger partial charge in [-0.05, 0) is 31.6 Å². The molecule has 5 heterocycles. The molecule has 0 spiro atoms. The normalized spacial score (nSPS) is 18.4. The average Bonchev–Trinajstić information content (AvgIpc) is 3.41. The Kier molecular flexibility index (Phi) is 5.70. The largest absolute Gasteiger partial charge is 0.353 e. The van der Waals surface area contributed by atoms with E-state index in [9.17, 15) is 9.59 Å². The number of urea groups is 1. The first-order valence-corrected chi connectivity index (χ1v) is 11.3. The molecule has 0 aliphatic carbocycles. The number of anilines is 3. The van der Waals surface area contributed by atoms with Crippen molar-refractivity contribution in [3.8, 4) is 0 Å². The molecule has 3 N–H and O–H groups in total. The fourth-order valence-corrected chi connectivity index (χ4v) is 3.86. The fraction of sp³-hybridized carbons (Fsp3) is 0.364. The van der Waals surface area contributed by atoms with Crippen LogP contribution in [0.2, 0.25) is 0 Å². The second-order valence-corrected chi connectivity index (χ2v) is 8.26. The number of pyridine rings is 1. The summed E-state index contributed by atoms with van der Waals surface area (Å²) in [4.78, 5) is 41.9. The molecular weight excluding hydrogens is 436 g/mol. The molecule has 2 fully saturated rings. The Bertz CT molecular complexity index is 1250. The maximum absolute atomic E-state index is 12.0. The number of rotatable bonds is 6. The molecule has 0 bridgehead atoms. The van der Waals surface area contributed by atoms with E-state index < -0.39 is 11.9 Å². The molecule has 3 aromatic heterocycles. The summed E-state index contributed by atoms with van der Waals surface area (Å²) in [6, 6.07) is 5.54. The van der Waals surface area contributed by atoms with Gasteiger partial charge in [-0.15, -0.1) is 0 Å². The Morgan fingerprint density at radius 1 is 1.12 bits per heavy atom. The number of carbonyl (C=O) groups excluding carboxylic acids is 2. The number of aromatic nitrogens is 5. The lowest BCUT2D eigenvalue weighted by Crippen LogP contribution is -2.47. The predicted molar refractivity (Wildman–Crippen MR) is 127 cm³/mol. The number of piperazine rings is 1. The molecule has 2 aliphatic heterocycles. The quantitative estimate of drug-likeness (QED) is 0.365. The van der Waals surface area contributed by atoms with E-state index >= 15 is 0 Å². The van der Waals surface area contributed by atoms with Crippen LogP contribution in [0, 0.1) is 0 Å². The van der Waals surface area contributed by atoms with Crippen molar-refractivity contribution in [2.75, 3.05) is 41.3 Å². The minimum absolute atomic E-state index is 0.153. The average molecular weight is 463 g/mol. The van der Waals surface area contributed by atoms with Gasteiger partial charge in [-0.3, -0.25) is 10.1 Å². The van der Waals surface area contributed by atoms with Crippen LogP contribution in [-0.4, -0.2) is 68.7 Å². The molecule has 12 heteroatoms. The number of fused-ring (bicyclic) bond motifs is 1. The fourth-order valence-electron chi connectivity index (χ4n) is 3.86. The smallest absolute Gasteiger partial charge is 0.326 e. The maximum atomic E-state index is 12.0. The third-order valence-electron chi connectivity index (χ3n) is 5.93. The van der Waals surface area contributed by atoms with Crippen LogP contribution in [0.4, 0.5) is 22.5 Å². The molecule has 2 aliphatic rings. The molecular formula is C22H26N10O2. The van der Waals surface area contributed by atoms with E-state index in [1.165, 1.54) is 0 Å². The van der Waals surface area contributed by atoms with E-state index in [-0.39, 0.29) is 11.7 Å². The molecule has 34 heavy (non-hydrogen) atoms. The second kappa shape index (κ2) is 8.96. The number of imide groups is 1. The van der Waals surface area contributed by atoms with Crippen molar-refractivity contribution in [3.05, 3.63) is 41.9 Å². The number of nitrogens with one attached hydrogen (secondary N) is 3. The summed E-state index contributed by atoms with van der Waals surface area (Å²) in [5.74, 6) is 1.63. The summed E-state index contributed by atoms with van der Waals surface area (Å²) >= 11 is 0. The van der Waals surface area contributed by atoms with Crippen LogP contribution < -0.4 is 25.8 Å². The summed E-state index contributed by atoms with van der Waals surface area (Å²) in [6.07, 6.45) is 5.90. The maximum Gasteiger partial charge on any atom is 0.326 e. The summed E-state index contributed by atoms with van der Waals surface area (Å²) in [7, 11) is 0. The second-order valence-electron chi connectivity index (χ2n) is 8.26. The van der Waals surface area contributed by atoms with Crippen LogP contribution in [0.5, 0.6) is 0 Å². The van der Waals surface area contributed by atoms with Crippen molar-refractivity contribution in [2.45, 2.75) is 26.3 Å². The van der Waals surface area contributed by atoms with Gasteiger partial charge < -0.3 is 20.4 Å². The van der Waals surface area contributed by atoms with Gasteiger partial charge in [0.05, 0.1) is 6.20 Å². The summed E-state index contributed by atoms with van der Waals surface area (Å²) in [5, 5.41) is 12.5. The summed E-state index contributed by atoms with van der Waals surface area (Å²) in [5.41, 5.74) is 1.31. The van der Waals surface area contributed by atoms with Gasteiger partial charge in [0.1, 0.15) is 11.5 Å². The standard InChI is InChI=1S/C22H26N10O2/c1-3-14(2)25-21-29-20(31-10-8-30(9-11-31)17-6-4-5-7-23-17)27-18-15(13-24-32(18)21)12-16-19(33)28-22(34)26-16/h4-7,12-14H,3,8-11H2,1-2H3,(H,25,27,29)(H2,26,28,33,34)/b16-12-. The van der Waals surface area contributed by atoms with Gasteiger partial charge in [-0.2, -0.15) is 19.6 Å².